The van der Waals surface area contributed by atoms with E-state index in [2.05, 4.69) is 16.0 Å². The number of hydrogen-bond donors (Lipinski definition) is 3. The van der Waals surface area contributed by atoms with Gasteiger partial charge in [-0.05, 0) is 38.5 Å². The highest BCUT2D eigenvalue weighted by atomic mass is 19.1. The molecular formula is C21H30FN3O6. The molecule has 1 aromatic rings. The lowest BCUT2D eigenvalue weighted by atomic mass is 9.92. The second-order valence-electron chi connectivity index (χ2n) is 7.85. The maximum atomic E-state index is 14.5. The summed E-state index contributed by atoms with van der Waals surface area (Å²) in [7, 11) is 1.20. The minimum Gasteiger partial charge on any atom is -0.467 e. The van der Waals surface area contributed by atoms with Gasteiger partial charge in [0.25, 0.3) is 0 Å². The van der Waals surface area contributed by atoms with E-state index >= 15 is 0 Å². The van der Waals surface area contributed by atoms with Crippen LogP contribution in [-0.4, -0.2) is 49.2 Å². The Hall–Kier alpha value is -3.17. The van der Waals surface area contributed by atoms with E-state index < -0.39 is 47.9 Å². The largest absolute Gasteiger partial charge is 0.467 e. The molecule has 1 rings (SSSR count). The van der Waals surface area contributed by atoms with Gasteiger partial charge in [0.15, 0.2) is 0 Å². The topological polar surface area (TPSA) is 123 Å². The fourth-order valence-corrected chi connectivity index (χ4v) is 2.56. The Bertz CT molecular complexity index is 822. The highest BCUT2D eigenvalue weighted by Gasteiger charge is 2.29. The van der Waals surface area contributed by atoms with Crippen molar-refractivity contribution < 1.29 is 33.0 Å². The van der Waals surface area contributed by atoms with Gasteiger partial charge in [0.05, 0.1) is 12.8 Å². The summed E-state index contributed by atoms with van der Waals surface area (Å²) in [6, 6.07) is 3.03. The van der Waals surface area contributed by atoms with Crippen LogP contribution in [-0.2, 0) is 23.9 Å². The molecule has 0 aromatic heterocycles. The number of anilines is 1. The smallest absolute Gasteiger partial charge is 0.408 e. The molecule has 3 amide bonds. The Morgan fingerprint density at radius 1 is 1.13 bits per heavy atom. The lowest BCUT2D eigenvalue weighted by Gasteiger charge is -2.23. The van der Waals surface area contributed by atoms with Crippen LogP contribution in [0.3, 0.4) is 0 Å². The highest BCUT2D eigenvalue weighted by molar-refractivity contribution is 5.94. The molecule has 0 unspecified atom stereocenters. The predicted octanol–water partition coefficient (Wildman–Crippen LogP) is 2.46. The number of halogens is 1. The van der Waals surface area contributed by atoms with E-state index in [1.54, 1.807) is 34.6 Å². The Morgan fingerprint density at radius 3 is 2.29 bits per heavy atom. The first-order valence-corrected chi connectivity index (χ1v) is 9.81. The van der Waals surface area contributed by atoms with Gasteiger partial charge in [-0.1, -0.05) is 19.9 Å². The Kier molecular flexibility index (Phi) is 9.41. The van der Waals surface area contributed by atoms with Crippen LogP contribution >= 0.6 is 0 Å². The minimum absolute atomic E-state index is 0.0980. The normalized spacial score (nSPS) is 12.9. The molecule has 0 aliphatic heterocycles. The summed E-state index contributed by atoms with van der Waals surface area (Å²) in [5.74, 6) is -2.96. The van der Waals surface area contributed by atoms with Crippen LogP contribution in [0.4, 0.5) is 14.9 Å². The van der Waals surface area contributed by atoms with E-state index in [4.69, 9.17) is 9.47 Å². The molecule has 0 heterocycles. The van der Waals surface area contributed by atoms with Gasteiger partial charge in [-0.2, -0.15) is 0 Å². The van der Waals surface area contributed by atoms with Gasteiger partial charge >= 0.3 is 12.1 Å². The first kappa shape index (κ1) is 25.9. The molecule has 172 valence electrons. The second-order valence-corrected chi connectivity index (χ2v) is 7.85. The molecular weight excluding hydrogens is 409 g/mol. The molecule has 9 nitrogen and oxygen atoms in total. The molecule has 3 N–H and O–H groups in total. The number of benzene rings is 1. The van der Waals surface area contributed by atoms with E-state index in [0.717, 1.165) is 6.07 Å². The molecule has 0 spiro atoms. The van der Waals surface area contributed by atoms with Crippen LogP contribution in [0.5, 0.6) is 0 Å². The van der Waals surface area contributed by atoms with Crippen LogP contribution in [0.1, 0.15) is 52.5 Å². The van der Waals surface area contributed by atoms with E-state index in [1.807, 2.05) is 0 Å². The third kappa shape index (κ3) is 8.61. The Balaban J connectivity index is 2.83. The third-order valence-electron chi connectivity index (χ3n) is 4.18. The van der Waals surface area contributed by atoms with Crippen molar-refractivity contribution in [2.45, 2.75) is 58.6 Å². The monoisotopic (exact) mass is 439 g/mol. The zero-order valence-electron chi connectivity index (χ0n) is 18.6. The molecule has 0 bridgehead atoms. The molecule has 0 aliphatic carbocycles. The third-order valence-corrected chi connectivity index (χ3v) is 4.18. The molecule has 2 atom stereocenters. The molecule has 0 aliphatic rings. The fourth-order valence-electron chi connectivity index (χ4n) is 2.56. The molecule has 0 fully saturated rings. The van der Waals surface area contributed by atoms with Crippen molar-refractivity contribution in [3.8, 4) is 0 Å². The highest BCUT2D eigenvalue weighted by Crippen LogP contribution is 2.25. The summed E-state index contributed by atoms with van der Waals surface area (Å²) >= 11 is 0. The van der Waals surface area contributed by atoms with Crippen molar-refractivity contribution in [2.24, 2.45) is 0 Å². The number of esters is 1. The van der Waals surface area contributed by atoms with Crippen molar-refractivity contribution in [2.75, 3.05) is 19.0 Å². The van der Waals surface area contributed by atoms with Crippen molar-refractivity contribution in [3.05, 3.63) is 29.6 Å². The number of methoxy groups -OCH3 is 1. The first-order chi connectivity index (χ1) is 14.4. The predicted molar refractivity (Wildman–Crippen MR) is 112 cm³/mol. The Labute approximate surface area is 181 Å². The van der Waals surface area contributed by atoms with Gasteiger partial charge in [-0.15, -0.1) is 0 Å². The fraction of sp³-hybridized carbons (Fsp3) is 0.524. The molecule has 31 heavy (non-hydrogen) atoms. The van der Waals surface area contributed by atoms with E-state index in [9.17, 15) is 23.6 Å². The maximum Gasteiger partial charge on any atom is 0.408 e. The van der Waals surface area contributed by atoms with Gasteiger partial charge in [0, 0.05) is 12.3 Å². The summed E-state index contributed by atoms with van der Waals surface area (Å²) in [5.41, 5.74) is -0.383. The molecule has 0 saturated carbocycles. The van der Waals surface area contributed by atoms with Gasteiger partial charge in [0.1, 0.15) is 24.0 Å². The van der Waals surface area contributed by atoms with Crippen LogP contribution in [0, 0.1) is 5.82 Å². The van der Waals surface area contributed by atoms with Gasteiger partial charge in [-0.3, -0.25) is 9.59 Å². The van der Waals surface area contributed by atoms with Crippen LogP contribution in [0.25, 0.3) is 0 Å². The van der Waals surface area contributed by atoms with E-state index in [1.165, 1.54) is 19.2 Å². The standard InChI is InChI=1S/C21H30FN3O6/c1-7-16(26)25-18(19(28)30-6)12(2)13-8-9-15(14(22)10-13)24-17(27)11-23-20(29)31-21(3,4)5/h8-10,12,18H,7,11H2,1-6H3,(H,23,29)(H,24,27)(H,25,26)/t12-,18+/m0/s1. The van der Waals surface area contributed by atoms with Crippen LogP contribution in [0.15, 0.2) is 18.2 Å². The SMILES string of the molecule is CCC(=O)N[C@@H](C(=O)OC)[C@@H](C)c1ccc(NC(=O)CNC(=O)OC(C)(C)C)c(F)c1. The lowest BCUT2D eigenvalue weighted by Crippen LogP contribution is -2.44. The molecule has 10 heteroatoms. The van der Waals surface area contributed by atoms with Crippen molar-refractivity contribution in [3.63, 3.8) is 0 Å². The zero-order valence-corrected chi connectivity index (χ0v) is 18.6. The summed E-state index contributed by atoms with van der Waals surface area (Å²) in [4.78, 5) is 47.4. The van der Waals surface area contributed by atoms with E-state index in [-0.39, 0.29) is 18.0 Å². The second kappa shape index (κ2) is 11.3. The average Bonchev–Trinajstić information content (AvgIpc) is 2.69. The van der Waals surface area contributed by atoms with Gasteiger partial charge in [0.2, 0.25) is 11.8 Å². The summed E-state index contributed by atoms with van der Waals surface area (Å²) in [6.07, 6.45) is -0.591. The van der Waals surface area contributed by atoms with Crippen molar-refractivity contribution in [1.82, 2.24) is 10.6 Å². The summed E-state index contributed by atoms with van der Waals surface area (Å²) in [5, 5.41) is 7.20. The average molecular weight is 439 g/mol. The van der Waals surface area contributed by atoms with Gasteiger partial charge < -0.3 is 25.4 Å². The number of carbonyl (C=O) groups excluding carboxylic acids is 4. The number of alkyl carbamates (subject to hydrolysis) is 1. The minimum atomic E-state index is -0.990. The number of amides is 3. The maximum absolute atomic E-state index is 14.5. The molecule has 1 aromatic carbocycles. The number of hydrogen-bond acceptors (Lipinski definition) is 6. The quantitative estimate of drug-likeness (QED) is 0.535. The van der Waals surface area contributed by atoms with E-state index in [0.29, 0.717) is 5.56 Å². The lowest BCUT2D eigenvalue weighted by molar-refractivity contribution is -0.145. The zero-order chi connectivity index (χ0) is 23.8. The number of rotatable bonds is 8. The van der Waals surface area contributed by atoms with Gasteiger partial charge in [-0.25, -0.2) is 14.0 Å². The number of carbonyl (C=O) groups is 4. The molecule has 0 saturated heterocycles. The van der Waals surface area contributed by atoms with Crippen molar-refractivity contribution in [1.29, 1.82) is 0 Å². The summed E-state index contributed by atoms with van der Waals surface area (Å²) < 4.78 is 24.3. The first-order valence-electron chi connectivity index (χ1n) is 9.81. The van der Waals surface area contributed by atoms with Crippen LogP contribution in [0.2, 0.25) is 0 Å². The number of nitrogens with one attached hydrogen (secondary N) is 3. The number of ether oxygens (including phenoxy) is 2. The molecule has 0 radical (unpaired) electrons. The summed E-state index contributed by atoms with van der Waals surface area (Å²) in [6.45, 7) is 7.94. The van der Waals surface area contributed by atoms with Crippen molar-refractivity contribution >= 4 is 29.6 Å². The van der Waals surface area contributed by atoms with Crippen LogP contribution < -0.4 is 16.0 Å². The Morgan fingerprint density at radius 2 is 1.77 bits per heavy atom.